The number of halogens is 1. The van der Waals surface area contributed by atoms with Crippen LogP contribution >= 0.6 is 15.9 Å². The molecule has 0 amide bonds. The van der Waals surface area contributed by atoms with Crippen LogP contribution < -0.4 is 0 Å². The molecule has 0 radical (unpaired) electrons. The first-order chi connectivity index (χ1) is 14.1. The smallest absolute Gasteiger partial charge is 0.306 e. The van der Waals surface area contributed by atoms with Crippen molar-refractivity contribution in [3.05, 3.63) is 23.8 Å². The molecule has 164 valence electrons. The van der Waals surface area contributed by atoms with E-state index >= 15 is 0 Å². The Labute approximate surface area is 186 Å². The minimum Gasteiger partial charge on any atom is -0.450 e. The zero-order valence-electron chi connectivity index (χ0n) is 17.9. The molecule has 0 unspecified atom stereocenters. The van der Waals surface area contributed by atoms with Gasteiger partial charge >= 0.3 is 5.97 Å². The molecule has 2 fully saturated rings. The van der Waals surface area contributed by atoms with Gasteiger partial charge in [0.25, 0.3) is 0 Å². The number of aliphatic hydroxyl groups is 1. The summed E-state index contributed by atoms with van der Waals surface area (Å²) in [6.45, 7) is 5.93. The fraction of sp³-hybridized carbons (Fsp3) is 0.708. The zero-order valence-corrected chi connectivity index (χ0v) is 19.5. The van der Waals surface area contributed by atoms with E-state index in [1.54, 1.807) is 13.0 Å². The number of carbonyl (C=O) groups excluding carboxylic acids is 3. The minimum absolute atomic E-state index is 0.00308. The first-order valence-electron chi connectivity index (χ1n) is 11.1. The van der Waals surface area contributed by atoms with Gasteiger partial charge in [0, 0.05) is 24.2 Å². The number of rotatable bonds is 4. The van der Waals surface area contributed by atoms with Gasteiger partial charge in [-0.05, 0) is 54.6 Å². The third-order valence-electron chi connectivity index (χ3n) is 8.72. The number of aliphatic hydroxyl groups excluding tert-OH is 1. The van der Waals surface area contributed by atoms with Gasteiger partial charge in [0.2, 0.25) is 0 Å². The number of allylic oxidation sites excluding steroid dienone is 4. The Kier molecular flexibility index (Phi) is 5.42. The molecule has 4 rings (SSSR count). The summed E-state index contributed by atoms with van der Waals surface area (Å²) >= 11 is 3.30. The molecule has 6 heteroatoms. The summed E-state index contributed by atoms with van der Waals surface area (Å²) in [5, 5.41) is 11.6. The molecule has 0 spiro atoms. The Balaban J connectivity index is 1.79. The van der Waals surface area contributed by atoms with E-state index in [1.807, 2.05) is 6.92 Å². The van der Waals surface area contributed by atoms with E-state index in [2.05, 4.69) is 35.0 Å². The number of ether oxygens (including phenoxy) is 1. The molecule has 0 saturated heterocycles. The van der Waals surface area contributed by atoms with E-state index in [0.29, 0.717) is 19.3 Å². The Hall–Kier alpha value is -1.27. The lowest BCUT2D eigenvalue weighted by Crippen LogP contribution is -2.62. The second kappa shape index (κ2) is 7.40. The van der Waals surface area contributed by atoms with Crippen LogP contribution in [-0.2, 0) is 19.1 Å². The summed E-state index contributed by atoms with van der Waals surface area (Å²) in [4.78, 5) is 37.5. The van der Waals surface area contributed by atoms with Crippen molar-refractivity contribution in [2.75, 3.05) is 5.33 Å². The number of hydrogen-bond acceptors (Lipinski definition) is 5. The van der Waals surface area contributed by atoms with Gasteiger partial charge in [0.15, 0.2) is 17.2 Å². The topological polar surface area (TPSA) is 80.7 Å². The van der Waals surface area contributed by atoms with Crippen LogP contribution in [-0.4, -0.2) is 39.7 Å². The number of alkyl halides is 1. The third kappa shape index (κ3) is 2.85. The van der Waals surface area contributed by atoms with Gasteiger partial charge in [0.1, 0.15) is 0 Å². The lowest BCUT2D eigenvalue weighted by molar-refractivity contribution is -0.195. The quantitative estimate of drug-likeness (QED) is 0.489. The molecule has 0 aromatic heterocycles. The van der Waals surface area contributed by atoms with Gasteiger partial charge in [-0.1, -0.05) is 48.9 Å². The monoisotopic (exact) mass is 478 g/mol. The van der Waals surface area contributed by atoms with Gasteiger partial charge in [0.05, 0.1) is 11.4 Å². The lowest BCUT2D eigenvalue weighted by atomic mass is 9.47. The SMILES string of the molecule is CCC(=O)O[C@@]1(C(=O)CBr)CC[C@H]2[C@@H]3C=CC4=CC(=O)CC[C@]4(C)[C@H]3[C@@H](O)C[C@@]21C. The summed E-state index contributed by atoms with van der Waals surface area (Å²) in [7, 11) is 0. The van der Waals surface area contributed by atoms with Crippen LogP contribution in [0.1, 0.15) is 59.3 Å². The summed E-state index contributed by atoms with van der Waals surface area (Å²) in [6.07, 6.45) is 8.44. The lowest BCUT2D eigenvalue weighted by Gasteiger charge is -2.59. The predicted molar refractivity (Wildman–Crippen MR) is 116 cm³/mol. The molecule has 1 N–H and O–H groups in total. The fourth-order valence-corrected chi connectivity index (χ4v) is 7.63. The number of Topliss-reactive ketones (excluding diaryl/α,β-unsaturated/α-hetero) is 1. The van der Waals surface area contributed by atoms with Crippen LogP contribution in [0.15, 0.2) is 23.8 Å². The van der Waals surface area contributed by atoms with Crippen molar-refractivity contribution >= 4 is 33.5 Å². The molecular formula is C24H31BrO5. The number of carbonyl (C=O) groups is 3. The van der Waals surface area contributed by atoms with E-state index < -0.39 is 17.1 Å². The Morgan fingerprint density at radius 1 is 1.30 bits per heavy atom. The summed E-state index contributed by atoms with van der Waals surface area (Å²) in [6, 6.07) is 0. The molecule has 4 aliphatic rings. The Morgan fingerprint density at radius 3 is 2.70 bits per heavy atom. The predicted octanol–water partition coefficient (Wildman–Crippen LogP) is 3.92. The van der Waals surface area contributed by atoms with Crippen LogP contribution in [0.2, 0.25) is 0 Å². The highest BCUT2D eigenvalue weighted by Gasteiger charge is 2.69. The van der Waals surface area contributed by atoms with E-state index in [-0.39, 0.29) is 52.5 Å². The average molecular weight is 479 g/mol. The molecule has 30 heavy (non-hydrogen) atoms. The maximum absolute atomic E-state index is 13.2. The maximum Gasteiger partial charge on any atom is 0.306 e. The molecule has 0 aromatic carbocycles. The minimum atomic E-state index is -1.20. The van der Waals surface area contributed by atoms with Crippen molar-refractivity contribution in [2.45, 2.75) is 71.0 Å². The molecule has 7 atom stereocenters. The molecule has 4 aliphatic carbocycles. The normalized spacial score (nSPS) is 44.6. The van der Waals surface area contributed by atoms with E-state index in [1.165, 1.54) is 0 Å². The van der Waals surface area contributed by atoms with Gasteiger partial charge < -0.3 is 9.84 Å². The van der Waals surface area contributed by atoms with Crippen LogP contribution in [0.3, 0.4) is 0 Å². The Morgan fingerprint density at radius 2 is 2.03 bits per heavy atom. The number of hydrogen-bond donors (Lipinski definition) is 1. The number of fused-ring (bicyclic) bond motifs is 5. The van der Waals surface area contributed by atoms with Crippen molar-refractivity contribution in [1.82, 2.24) is 0 Å². The average Bonchev–Trinajstić information content (AvgIpc) is 3.00. The molecule has 0 bridgehead atoms. The van der Waals surface area contributed by atoms with Crippen molar-refractivity contribution < 1.29 is 24.2 Å². The van der Waals surface area contributed by atoms with Crippen molar-refractivity contribution in [3.8, 4) is 0 Å². The van der Waals surface area contributed by atoms with Gasteiger partial charge in [-0.3, -0.25) is 14.4 Å². The van der Waals surface area contributed by atoms with Gasteiger partial charge in [-0.2, -0.15) is 0 Å². The first kappa shape index (κ1) is 21.9. The highest BCUT2D eigenvalue weighted by atomic mass is 79.9. The van der Waals surface area contributed by atoms with E-state index in [9.17, 15) is 19.5 Å². The highest BCUT2D eigenvalue weighted by molar-refractivity contribution is 9.09. The summed E-state index contributed by atoms with van der Waals surface area (Å²) in [5.74, 6) is -0.128. The second-order valence-electron chi connectivity index (χ2n) is 9.99. The summed E-state index contributed by atoms with van der Waals surface area (Å²) in [5.41, 5.74) is -1.07. The Bertz CT molecular complexity index is 847. The van der Waals surface area contributed by atoms with Gasteiger partial charge in [-0.15, -0.1) is 0 Å². The zero-order chi connectivity index (χ0) is 21.9. The van der Waals surface area contributed by atoms with E-state index in [0.717, 1.165) is 18.4 Å². The highest BCUT2D eigenvalue weighted by Crippen LogP contribution is 2.67. The third-order valence-corrected chi connectivity index (χ3v) is 9.23. The fourth-order valence-electron chi connectivity index (χ4n) is 7.17. The van der Waals surface area contributed by atoms with Crippen molar-refractivity contribution in [2.24, 2.45) is 28.6 Å². The van der Waals surface area contributed by atoms with Crippen LogP contribution in [0.5, 0.6) is 0 Å². The molecule has 0 aliphatic heterocycles. The van der Waals surface area contributed by atoms with Crippen molar-refractivity contribution in [3.63, 3.8) is 0 Å². The number of esters is 1. The standard InChI is InChI=1S/C24H31BrO5/c1-4-20(29)30-24(19(28)13-25)10-8-17-16-6-5-14-11-15(26)7-9-22(14,2)21(16)18(27)12-23(17,24)3/h5-6,11,16-18,21,27H,4,7-10,12-13H2,1-3H3/t16-,17-,18-,21+,22-,23-,24+/m0/s1. The van der Waals surface area contributed by atoms with Gasteiger partial charge in [-0.25, -0.2) is 0 Å². The molecule has 2 saturated carbocycles. The molecule has 0 heterocycles. The van der Waals surface area contributed by atoms with E-state index in [4.69, 9.17) is 4.74 Å². The van der Waals surface area contributed by atoms with Crippen LogP contribution in [0, 0.1) is 28.6 Å². The second-order valence-corrected chi connectivity index (χ2v) is 10.6. The molecular weight excluding hydrogens is 448 g/mol. The molecule has 5 nitrogen and oxygen atoms in total. The van der Waals surface area contributed by atoms with Crippen molar-refractivity contribution in [1.29, 1.82) is 0 Å². The largest absolute Gasteiger partial charge is 0.450 e. The van der Waals surface area contributed by atoms with Crippen LogP contribution in [0.4, 0.5) is 0 Å². The maximum atomic E-state index is 13.2. The summed E-state index contributed by atoms with van der Waals surface area (Å²) < 4.78 is 5.94. The van der Waals surface area contributed by atoms with Crippen LogP contribution in [0.25, 0.3) is 0 Å². The molecule has 0 aromatic rings. The first-order valence-corrected chi connectivity index (χ1v) is 12.2. The number of ketones is 2.